The lowest BCUT2D eigenvalue weighted by molar-refractivity contribution is 0.0848. The number of nitrogens with zero attached hydrogens (tertiary/aromatic N) is 1. The second kappa shape index (κ2) is 6.95. The molecule has 1 N–H and O–H groups in total. The molecule has 1 aliphatic heterocycles. The van der Waals surface area contributed by atoms with Crippen molar-refractivity contribution in [3.05, 3.63) is 70.2 Å². The topological polar surface area (TPSA) is 33.6 Å². The van der Waals surface area contributed by atoms with Crippen LogP contribution >= 0.6 is 11.6 Å². The number of oxime groups is 1. The first kappa shape index (κ1) is 15.1. The van der Waals surface area contributed by atoms with Crippen LogP contribution in [0.3, 0.4) is 0 Å². The molecular weight excluding hydrogens is 296 g/mol. The van der Waals surface area contributed by atoms with Crippen molar-refractivity contribution in [3.8, 4) is 0 Å². The van der Waals surface area contributed by atoms with Crippen LogP contribution in [-0.4, -0.2) is 18.4 Å². The molecule has 0 saturated heterocycles. The first-order valence-corrected chi connectivity index (χ1v) is 7.84. The van der Waals surface area contributed by atoms with Crippen molar-refractivity contribution in [2.24, 2.45) is 5.16 Å². The van der Waals surface area contributed by atoms with E-state index >= 15 is 0 Å². The van der Waals surface area contributed by atoms with Gasteiger partial charge in [0.2, 0.25) is 0 Å². The predicted octanol–water partition coefficient (Wildman–Crippen LogP) is 3.93. The SMILES string of the molecule is Cc1ccccc1C1=NOC(CNCc2cccc(Cl)c2)C1. The zero-order chi connectivity index (χ0) is 15.4. The highest BCUT2D eigenvalue weighted by Crippen LogP contribution is 2.19. The number of aryl methyl sites for hydroxylation is 1. The number of hydrogen-bond acceptors (Lipinski definition) is 3. The van der Waals surface area contributed by atoms with E-state index in [0.29, 0.717) is 0 Å². The van der Waals surface area contributed by atoms with Crippen LogP contribution in [-0.2, 0) is 11.4 Å². The van der Waals surface area contributed by atoms with Gasteiger partial charge in [0.25, 0.3) is 0 Å². The molecular formula is C18H19ClN2O. The lowest BCUT2D eigenvalue weighted by Crippen LogP contribution is -2.26. The minimum absolute atomic E-state index is 0.0915. The number of hydrogen-bond donors (Lipinski definition) is 1. The molecule has 0 bridgehead atoms. The van der Waals surface area contributed by atoms with Crippen molar-refractivity contribution in [3.63, 3.8) is 0 Å². The third-order valence-corrected chi connectivity index (χ3v) is 4.01. The predicted molar refractivity (Wildman–Crippen MR) is 90.4 cm³/mol. The van der Waals surface area contributed by atoms with Crippen molar-refractivity contribution < 1.29 is 4.84 Å². The van der Waals surface area contributed by atoms with Gasteiger partial charge in [-0.15, -0.1) is 0 Å². The Morgan fingerprint density at radius 3 is 2.91 bits per heavy atom. The van der Waals surface area contributed by atoms with E-state index in [2.05, 4.69) is 35.6 Å². The minimum atomic E-state index is 0.0915. The molecule has 4 heteroatoms. The highest BCUT2D eigenvalue weighted by molar-refractivity contribution is 6.30. The van der Waals surface area contributed by atoms with Gasteiger partial charge in [0, 0.05) is 30.1 Å². The Bertz CT molecular complexity index is 684. The number of rotatable bonds is 5. The summed E-state index contributed by atoms with van der Waals surface area (Å²) in [5.74, 6) is 0. The zero-order valence-electron chi connectivity index (χ0n) is 12.6. The van der Waals surface area contributed by atoms with Gasteiger partial charge in [-0.3, -0.25) is 0 Å². The summed E-state index contributed by atoms with van der Waals surface area (Å²) < 4.78 is 0. The van der Waals surface area contributed by atoms with Crippen LogP contribution in [0.15, 0.2) is 53.7 Å². The summed E-state index contributed by atoms with van der Waals surface area (Å²) in [5, 5.41) is 8.41. The summed E-state index contributed by atoms with van der Waals surface area (Å²) in [6, 6.07) is 16.2. The molecule has 0 radical (unpaired) electrons. The molecule has 1 unspecified atom stereocenters. The maximum Gasteiger partial charge on any atom is 0.145 e. The van der Waals surface area contributed by atoms with Crippen molar-refractivity contribution >= 4 is 17.3 Å². The van der Waals surface area contributed by atoms with Crippen molar-refractivity contribution in [2.45, 2.75) is 26.0 Å². The highest BCUT2D eigenvalue weighted by Gasteiger charge is 2.22. The Morgan fingerprint density at radius 1 is 1.23 bits per heavy atom. The third-order valence-electron chi connectivity index (χ3n) is 3.78. The molecule has 2 aromatic rings. The van der Waals surface area contributed by atoms with Crippen LogP contribution in [0.5, 0.6) is 0 Å². The summed E-state index contributed by atoms with van der Waals surface area (Å²) in [6.45, 7) is 3.65. The Labute approximate surface area is 135 Å². The highest BCUT2D eigenvalue weighted by atomic mass is 35.5. The lowest BCUT2D eigenvalue weighted by atomic mass is 10.0. The van der Waals surface area contributed by atoms with E-state index in [0.717, 1.165) is 30.2 Å². The zero-order valence-corrected chi connectivity index (χ0v) is 13.3. The van der Waals surface area contributed by atoms with Gasteiger partial charge in [-0.2, -0.15) is 0 Å². The van der Waals surface area contributed by atoms with Crippen LogP contribution < -0.4 is 5.32 Å². The molecule has 114 valence electrons. The van der Waals surface area contributed by atoms with E-state index in [4.69, 9.17) is 16.4 Å². The summed E-state index contributed by atoms with van der Waals surface area (Å²) in [7, 11) is 0. The summed E-state index contributed by atoms with van der Waals surface area (Å²) in [4.78, 5) is 5.54. The first-order valence-electron chi connectivity index (χ1n) is 7.46. The maximum atomic E-state index is 5.98. The number of halogens is 1. The van der Waals surface area contributed by atoms with Gasteiger partial charge in [-0.1, -0.05) is 53.2 Å². The quantitative estimate of drug-likeness (QED) is 0.907. The molecule has 0 spiro atoms. The second-order valence-electron chi connectivity index (χ2n) is 5.55. The average molecular weight is 315 g/mol. The third kappa shape index (κ3) is 3.67. The van der Waals surface area contributed by atoms with Crippen molar-refractivity contribution in [2.75, 3.05) is 6.54 Å². The summed E-state index contributed by atoms with van der Waals surface area (Å²) in [6.07, 6.45) is 0.932. The fourth-order valence-electron chi connectivity index (χ4n) is 2.62. The molecule has 1 heterocycles. The summed E-state index contributed by atoms with van der Waals surface area (Å²) >= 11 is 5.98. The molecule has 2 aromatic carbocycles. The van der Waals surface area contributed by atoms with Gasteiger partial charge in [-0.25, -0.2) is 0 Å². The van der Waals surface area contributed by atoms with E-state index in [1.54, 1.807) is 0 Å². The molecule has 1 atom stereocenters. The van der Waals surface area contributed by atoms with Crippen LogP contribution in [0.25, 0.3) is 0 Å². The number of benzene rings is 2. The van der Waals surface area contributed by atoms with Gasteiger partial charge in [0.1, 0.15) is 6.10 Å². The van der Waals surface area contributed by atoms with Gasteiger partial charge in [-0.05, 0) is 30.2 Å². The Kier molecular flexibility index (Phi) is 4.76. The molecule has 1 aliphatic rings. The molecule has 3 nitrogen and oxygen atoms in total. The Morgan fingerprint density at radius 2 is 2.09 bits per heavy atom. The molecule has 0 aliphatic carbocycles. The summed E-state index contributed by atoms with van der Waals surface area (Å²) in [5.41, 5.74) is 4.62. The number of nitrogens with one attached hydrogen (secondary N) is 1. The normalized spacial score (nSPS) is 17.2. The smallest absolute Gasteiger partial charge is 0.145 e. The fourth-order valence-corrected chi connectivity index (χ4v) is 2.83. The lowest BCUT2D eigenvalue weighted by Gasteiger charge is -2.10. The molecule has 0 saturated carbocycles. The van der Waals surface area contributed by atoms with Crippen molar-refractivity contribution in [1.29, 1.82) is 0 Å². The molecule has 0 fully saturated rings. The van der Waals surface area contributed by atoms with E-state index in [9.17, 15) is 0 Å². The van der Waals surface area contributed by atoms with E-state index in [1.165, 1.54) is 16.7 Å². The average Bonchev–Trinajstić information content (AvgIpc) is 2.96. The van der Waals surface area contributed by atoms with Crippen LogP contribution in [0.2, 0.25) is 5.02 Å². The molecule has 3 rings (SSSR count). The minimum Gasteiger partial charge on any atom is -0.390 e. The largest absolute Gasteiger partial charge is 0.390 e. The maximum absolute atomic E-state index is 5.98. The van der Waals surface area contributed by atoms with Crippen molar-refractivity contribution in [1.82, 2.24) is 5.32 Å². The Balaban J connectivity index is 1.50. The second-order valence-corrected chi connectivity index (χ2v) is 5.98. The molecule has 0 aromatic heterocycles. The van der Waals surface area contributed by atoms with Gasteiger partial charge in [0.15, 0.2) is 0 Å². The van der Waals surface area contributed by atoms with Crippen LogP contribution in [0.4, 0.5) is 0 Å². The van der Waals surface area contributed by atoms with E-state index < -0.39 is 0 Å². The van der Waals surface area contributed by atoms with Gasteiger partial charge < -0.3 is 10.2 Å². The van der Waals surface area contributed by atoms with Gasteiger partial charge in [0.05, 0.1) is 5.71 Å². The van der Waals surface area contributed by atoms with Crippen LogP contribution in [0.1, 0.15) is 23.1 Å². The standard InChI is InChI=1S/C18H19ClN2O/c1-13-5-2-3-8-17(13)18-10-16(22-21-18)12-20-11-14-6-4-7-15(19)9-14/h2-9,16,20H,10-12H2,1H3. The fraction of sp³-hybridized carbons (Fsp3) is 0.278. The Hall–Kier alpha value is -1.84. The first-order chi connectivity index (χ1) is 10.7. The molecule has 22 heavy (non-hydrogen) atoms. The van der Waals surface area contributed by atoms with Crippen LogP contribution in [0, 0.1) is 6.92 Å². The van der Waals surface area contributed by atoms with E-state index in [1.807, 2.05) is 30.3 Å². The van der Waals surface area contributed by atoms with Gasteiger partial charge >= 0.3 is 0 Å². The molecule has 0 amide bonds. The van der Waals surface area contributed by atoms with E-state index in [-0.39, 0.29) is 6.10 Å². The monoisotopic (exact) mass is 314 g/mol.